The van der Waals surface area contributed by atoms with Crippen molar-refractivity contribution in [3.8, 4) is 0 Å². The Labute approximate surface area is 127 Å². The molecule has 2 aromatic rings. The summed E-state index contributed by atoms with van der Waals surface area (Å²) in [6, 6.07) is 5.89. The van der Waals surface area contributed by atoms with Crippen LogP contribution in [-0.4, -0.2) is 10.5 Å². The van der Waals surface area contributed by atoms with E-state index in [2.05, 4.69) is 59.6 Å². The van der Waals surface area contributed by atoms with Crippen LogP contribution in [0.25, 0.3) is 0 Å². The Bertz CT molecular complexity index is 626. The van der Waals surface area contributed by atoms with Crippen LogP contribution in [0.15, 0.2) is 27.3 Å². The van der Waals surface area contributed by atoms with Gasteiger partial charge in [0.1, 0.15) is 0 Å². The second kappa shape index (κ2) is 5.87. The Balaban J connectivity index is 2.08. The molecule has 1 N–H and O–H groups in total. The number of aryl methyl sites for hydroxylation is 1. The van der Waals surface area contributed by atoms with E-state index in [-0.39, 0.29) is 5.91 Å². The standard InChI is InChI=1S/C15H19BrN2O2/c1-9(2)18-10(3)7-12(11(18)4)8-17-15(19)13-5-6-14(16)20-13/h5-7,9H,8H2,1-4H3,(H,17,19). The Kier molecular flexibility index (Phi) is 4.38. The molecule has 0 aliphatic carbocycles. The maximum atomic E-state index is 11.9. The summed E-state index contributed by atoms with van der Waals surface area (Å²) < 4.78 is 8.06. The number of furan rings is 1. The monoisotopic (exact) mass is 338 g/mol. The van der Waals surface area contributed by atoms with Crippen molar-refractivity contribution < 1.29 is 9.21 Å². The van der Waals surface area contributed by atoms with Crippen molar-refractivity contribution in [2.45, 2.75) is 40.3 Å². The zero-order valence-corrected chi connectivity index (χ0v) is 13.7. The van der Waals surface area contributed by atoms with Crippen molar-refractivity contribution in [3.05, 3.63) is 45.6 Å². The van der Waals surface area contributed by atoms with Crippen LogP contribution >= 0.6 is 15.9 Å². The minimum Gasteiger partial charge on any atom is -0.444 e. The highest BCUT2D eigenvalue weighted by molar-refractivity contribution is 9.10. The Morgan fingerprint density at radius 1 is 1.40 bits per heavy atom. The minimum absolute atomic E-state index is 0.204. The lowest BCUT2D eigenvalue weighted by Crippen LogP contribution is -2.22. The SMILES string of the molecule is Cc1cc(CNC(=O)c2ccc(Br)o2)c(C)n1C(C)C. The quantitative estimate of drug-likeness (QED) is 0.916. The minimum atomic E-state index is -0.204. The smallest absolute Gasteiger partial charge is 0.287 e. The molecule has 2 rings (SSSR count). The van der Waals surface area contributed by atoms with Gasteiger partial charge in [0.2, 0.25) is 0 Å². The van der Waals surface area contributed by atoms with Crippen LogP contribution in [0, 0.1) is 13.8 Å². The van der Waals surface area contributed by atoms with Gasteiger partial charge in [-0.15, -0.1) is 0 Å². The molecule has 0 saturated carbocycles. The molecule has 0 fully saturated rings. The summed E-state index contributed by atoms with van der Waals surface area (Å²) in [6.45, 7) is 8.98. The number of amides is 1. The van der Waals surface area contributed by atoms with Crippen molar-refractivity contribution in [2.75, 3.05) is 0 Å². The van der Waals surface area contributed by atoms with Crippen LogP contribution in [0.1, 0.15) is 47.4 Å². The summed E-state index contributed by atoms with van der Waals surface area (Å²) >= 11 is 3.19. The van der Waals surface area contributed by atoms with E-state index in [4.69, 9.17) is 4.42 Å². The van der Waals surface area contributed by atoms with Crippen molar-refractivity contribution >= 4 is 21.8 Å². The van der Waals surface area contributed by atoms with Crippen molar-refractivity contribution in [3.63, 3.8) is 0 Å². The summed E-state index contributed by atoms with van der Waals surface area (Å²) in [4.78, 5) is 11.9. The lowest BCUT2D eigenvalue weighted by Gasteiger charge is -2.13. The van der Waals surface area contributed by atoms with E-state index >= 15 is 0 Å². The number of nitrogens with one attached hydrogen (secondary N) is 1. The molecule has 20 heavy (non-hydrogen) atoms. The third-order valence-corrected chi connectivity index (χ3v) is 3.77. The normalized spacial score (nSPS) is 11.1. The van der Waals surface area contributed by atoms with Crippen LogP contribution in [0.2, 0.25) is 0 Å². The zero-order valence-electron chi connectivity index (χ0n) is 12.2. The predicted octanol–water partition coefficient (Wildman–Crippen LogP) is 3.97. The van der Waals surface area contributed by atoms with E-state index in [9.17, 15) is 4.79 Å². The molecule has 0 atom stereocenters. The number of aromatic nitrogens is 1. The first kappa shape index (κ1) is 14.9. The fraction of sp³-hybridized carbons (Fsp3) is 0.400. The summed E-state index contributed by atoms with van der Waals surface area (Å²) in [7, 11) is 0. The van der Waals surface area contributed by atoms with Gasteiger partial charge in [0.15, 0.2) is 10.4 Å². The van der Waals surface area contributed by atoms with Gasteiger partial charge < -0.3 is 14.3 Å². The molecule has 0 spiro atoms. The molecule has 0 unspecified atom stereocenters. The lowest BCUT2D eigenvalue weighted by atomic mass is 10.2. The van der Waals surface area contributed by atoms with Crippen molar-refractivity contribution in [1.29, 1.82) is 0 Å². The first-order valence-corrected chi connectivity index (χ1v) is 7.40. The Morgan fingerprint density at radius 2 is 2.10 bits per heavy atom. The van der Waals surface area contributed by atoms with Gasteiger partial charge in [0.25, 0.3) is 5.91 Å². The molecule has 0 aromatic carbocycles. The number of carbonyl (C=O) groups is 1. The van der Waals surface area contributed by atoms with Crippen molar-refractivity contribution in [2.24, 2.45) is 0 Å². The van der Waals surface area contributed by atoms with Gasteiger partial charge in [-0.1, -0.05) is 0 Å². The number of carbonyl (C=O) groups excluding carboxylic acids is 1. The number of halogens is 1. The van der Waals surface area contributed by atoms with Crippen molar-refractivity contribution in [1.82, 2.24) is 9.88 Å². The third kappa shape index (κ3) is 2.98. The first-order valence-electron chi connectivity index (χ1n) is 6.61. The first-order chi connectivity index (χ1) is 9.40. The molecule has 0 radical (unpaired) electrons. The van der Waals surface area contributed by atoms with E-state index in [0.29, 0.717) is 23.0 Å². The van der Waals surface area contributed by atoms with E-state index in [1.807, 2.05) is 0 Å². The molecular weight excluding hydrogens is 320 g/mol. The molecule has 4 nitrogen and oxygen atoms in total. The maximum absolute atomic E-state index is 11.9. The van der Waals surface area contributed by atoms with E-state index < -0.39 is 0 Å². The second-order valence-electron chi connectivity index (χ2n) is 5.15. The summed E-state index contributed by atoms with van der Waals surface area (Å²) in [5, 5.41) is 2.88. The molecular formula is C15H19BrN2O2. The highest BCUT2D eigenvalue weighted by Gasteiger charge is 2.14. The van der Waals surface area contributed by atoms with Crippen LogP contribution < -0.4 is 5.32 Å². The van der Waals surface area contributed by atoms with Gasteiger partial charge in [-0.25, -0.2) is 0 Å². The van der Waals surface area contributed by atoms with Gasteiger partial charge in [0, 0.05) is 24.0 Å². The Morgan fingerprint density at radius 3 is 2.60 bits per heavy atom. The molecule has 0 aliphatic heterocycles. The second-order valence-corrected chi connectivity index (χ2v) is 5.93. The van der Waals surface area contributed by atoms with Crippen LogP contribution in [0.5, 0.6) is 0 Å². The molecule has 0 bridgehead atoms. The average molecular weight is 339 g/mol. The van der Waals surface area contributed by atoms with Gasteiger partial charge in [-0.3, -0.25) is 4.79 Å². The molecule has 1 amide bonds. The van der Waals surface area contributed by atoms with Gasteiger partial charge in [-0.05, 0) is 67.4 Å². The van der Waals surface area contributed by atoms with Gasteiger partial charge in [-0.2, -0.15) is 0 Å². The summed E-state index contributed by atoms with van der Waals surface area (Å²) in [5.74, 6) is 0.111. The number of rotatable bonds is 4. The average Bonchev–Trinajstić information content (AvgIpc) is 2.90. The number of nitrogens with zero attached hydrogens (tertiary/aromatic N) is 1. The molecule has 2 heterocycles. The number of hydrogen-bond donors (Lipinski definition) is 1. The van der Waals surface area contributed by atoms with Gasteiger partial charge in [0.05, 0.1) is 0 Å². The highest BCUT2D eigenvalue weighted by Crippen LogP contribution is 2.20. The molecule has 2 aromatic heterocycles. The Hall–Kier alpha value is -1.49. The van der Waals surface area contributed by atoms with E-state index in [1.165, 1.54) is 11.4 Å². The molecule has 0 aliphatic rings. The maximum Gasteiger partial charge on any atom is 0.287 e. The molecule has 0 saturated heterocycles. The molecule has 5 heteroatoms. The summed E-state index contributed by atoms with van der Waals surface area (Å²) in [6.07, 6.45) is 0. The van der Waals surface area contributed by atoms with Crippen LogP contribution in [0.3, 0.4) is 0 Å². The predicted molar refractivity (Wildman–Crippen MR) is 81.9 cm³/mol. The van der Waals surface area contributed by atoms with E-state index in [1.54, 1.807) is 12.1 Å². The van der Waals surface area contributed by atoms with Gasteiger partial charge >= 0.3 is 0 Å². The molecule has 108 valence electrons. The zero-order chi connectivity index (χ0) is 14.9. The van der Waals surface area contributed by atoms with Crippen LogP contribution in [-0.2, 0) is 6.54 Å². The topological polar surface area (TPSA) is 47.2 Å². The fourth-order valence-corrected chi connectivity index (χ4v) is 2.82. The lowest BCUT2D eigenvalue weighted by molar-refractivity contribution is 0.0922. The number of hydrogen-bond acceptors (Lipinski definition) is 2. The van der Waals surface area contributed by atoms with E-state index in [0.717, 1.165) is 5.56 Å². The summed E-state index contributed by atoms with van der Waals surface area (Å²) in [5.41, 5.74) is 3.54. The van der Waals surface area contributed by atoms with Crippen LogP contribution in [0.4, 0.5) is 0 Å². The fourth-order valence-electron chi connectivity index (χ4n) is 2.52. The highest BCUT2D eigenvalue weighted by atomic mass is 79.9. The third-order valence-electron chi connectivity index (χ3n) is 3.34. The largest absolute Gasteiger partial charge is 0.444 e.